The summed E-state index contributed by atoms with van der Waals surface area (Å²) in [6, 6.07) is 27.3. The first-order valence-corrected chi connectivity index (χ1v) is 8.63. The zero-order valence-corrected chi connectivity index (χ0v) is 13.8. The van der Waals surface area contributed by atoms with Crippen LogP contribution in [0.4, 0.5) is 0 Å². The number of fused-ring (bicyclic) bond motifs is 2. The number of rotatable bonds is 2. The van der Waals surface area contributed by atoms with Crippen LogP contribution in [0.25, 0.3) is 22.4 Å². The second kappa shape index (κ2) is 5.78. The standard InChI is InChI=1S/C22H18N2O/c1-2-8-16(9-3-1)22-23-19-11-5-6-12-20(19)24(22)18-14-17-10-4-7-13-21(17)25-15-18/h1-13,18H,14-15H2/t18-/m0/s1. The molecule has 3 heteroatoms. The average molecular weight is 326 g/mol. The normalized spacial score (nSPS) is 16.4. The van der Waals surface area contributed by atoms with Crippen LogP contribution >= 0.6 is 0 Å². The van der Waals surface area contributed by atoms with E-state index in [1.165, 1.54) is 5.56 Å². The van der Waals surface area contributed by atoms with E-state index in [1.807, 2.05) is 18.2 Å². The maximum absolute atomic E-state index is 6.05. The van der Waals surface area contributed by atoms with Gasteiger partial charge in [0.2, 0.25) is 0 Å². The minimum absolute atomic E-state index is 0.234. The Labute approximate surface area is 146 Å². The Morgan fingerprint density at radius 2 is 1.60 bits per heavy atom. The summed E-state index contributed by atoms with van der Waals surface area (Å²) in [5.74, 6) is 2.01. The Hall–Kier alpha value is -3.07. The zero-order valence-electron chi connectivity index (χ0n) is 13.8. The van der Waals surface area contributed by atoms with Gasteiger partial charge in [0.05, 0.1) is 17.1 Å². The highest BCUT2D eigenvalue weighted by Gasteiger charge is 2.25. The lowest BCUT2D eigenvalue weighted by Crippen LogP contribution is -2.25. The molecule has 4 aromatic rings. The highest BCUT2D eigenvalue weighted by atomic mass is 16.5. The van der Waals surface area contributed by atoms with E-state index in [4.69, 9.17) is 9.72 Å². The summed E-state index contributed by atoms with van der Waals surface area (Å²) in [7, 11) is 0. The van der Waals surface area contributed by atoms with Gasteiger partial charge in [-0.3, -0.25) is 0 Å². The van der Waals surface area contributed by atoms with Crippen molar-refractivity contribution >= 4 is 11.0 Å². The van der Waals surface area contributed by atoms with Crippen molar-refractivity contribution in [3.05, 3.63) is 84.4 Å². The number of aromatic nitrogens is 2. The summed E-state index contributed by atoms with van der Waals surface area (Å²) in [4.78, 5) is 4.92. The van der Waals surface area contributed by atoms with Crippen molar-refractivity contribution in [2.24, 2.45) is 0 Å². The second-order valence-electron chi connectivity index (χ2n) is 6.44. The number of benzene rings is 3. The van der Waals surface area contributed by atoms with Crippen LogP contribution in [-0.2, 0) is 6.42 Å². The van der Waals surface area contributed by atoms with Gasteiger partial charge in [0.15, 0.2) is 0 Å². The quantitative estimate of drug-likeness (QED) is 0.525. The van der Waals surface area contributed by atoms with Crippen molar-refractivity contribution in [1.82, 2.24) is 9.55 Å². The molecule has 1 aromatic heterocycles. The average Bonchev–Trinajstić information content (AvgIpc) is 3.08. The first-order valence-electron chi connectivity index (χ1n) is 8.63. The molecule has 25 heavy (non-hydrogen) atoms. The van der Waals surface area contributed by atoms with Gasteiger partial charge in [-0.1, -0.05) is 60.7 Å². The van der Waals surface area contributed by atoms with Gasteiger partial charge < -0.3 is 9.30 Å². The molecule has 1 aliphatic rings. The van der Waals surface area contributed by atoms with Crippen LogP contribution < -0.4 is 4.74 Å². The predicted octanol–water partition coefficient (Wildman–Crippen LogP) is 4.88. The fourth-order valence-corrected chi connectivity index (χ4v) is 3.68. The van der Waals surface area contributed by atoms with Gasteiger partial charge in [-0.2, -0.15) is 0 Å². The summed E-state index contributed by atoms with van der Waals surface area (Å²) >= 11 is 0. The molecule has 0 saturated carbocycles. The maximum atomic E-state index is 6.05. The van der Waals surface area contributed by atoms with Crippen molar-refractivity contribution < 1.29 is 4.74 Å². The topological polar surface area (TPSA) is 27.1 Å². The van der Waals surface area contributed by atoms with Crippen molar-refractivity contribution in [2.45, 2.75) is 12.5 Å². The molecule has 0 N–H and O–H groups in total. The molecule has 0 unspecified atom stereocenters. The molecule has 122 valence electrons. The largest absolute Gasteiger partial charge is 0.491 e. The first kappa shape index (κ1) is 14.3. The fraction of sp³-hybridized carbons (Fsp3) is 0.136. The zero-order chi connectivity index (χ0) is 16.6. The van der Waals surface area contributed by atoms with Crippen molar-refractivity contribution in [1.29, 1.82) is 0 Å². The van der Waals surface area contributed by atoms with Gasteiger partial charge in [-0.25, -0.2) is 4.98 Å². The van der Waals surface area contributed by atoms with E-state index in [0.29, 0.717) is 6.61 Å². The molecule has 0 fully saturated rings. The van der Waals surface area contributed by atoms with E-state index >= 15 is 0 Å². The maximum Gasteiger partial charge on any atom is 0.141 e. The monoisotopic (exact) mass is 326 g/mol. The Kier molecular flexibility index (Phi) is 3.30. The van der Waals surface area contributed by atoms with E-state index < -0.39 is 0 Å². The van der Waals surface area contributed by atoms with Crippen LogP contribution in [0.15, 0.2) is 78.9 Å². The van der Waals surface area contributed by atoms with Crippen LogP contribution in [0.3, 0.4) is 0 Å². The lowest BCUT2D eigenvalue weighted by atomic mass is 10.0. The number of para-hydroxylation sites is 3. The molecule has 2 heterocycles. The van der Waals surface area contributed by atoms with Gasteiger partial charge >= 0.3 is 0 Å². The minimum atomic E-state index is 0.234. The highest BCUT2D eigenvalue weighted by Crippen LogP contribution is 2.34. The molecule has 0 amide bonds. The fourth-order valence-electron chi connectivity index (χ4n) is 3.68. The Morgan fingerprint density at radius 1 is 0.840 bits per heavy atom. The molecule has 1 aliphatic heterocycles. The van der Waals surface area contributed by atoms with E-state index in [-0.39, 0.29) is 6.04 Å². The molecule has 0 bridgehead atoms. The van der Waals surface area contributed by atoms with E-state index in [9.17, 15) is 0 Å². The van der Waals surface area contributed by atoms with Crippen LogP contribution in [0.2, 0.25) is 0 Å². The van der Waals surface area contributed by atoms with Gasteiger partial charge in [-0.05, 0) is 23.8 Å². The van der Waals surface area contributed by atoms with Crippen molar-refractivity contribution in [2.75, 3.05) is 6.61 Å². The van der Waals surface area contributed by atoms with Crippen LogP contribution in [-0.4, -0.2) is 16.2 Å². The van der Waals surface area contributed by atoms with Crippen LogP contribution in [0, 0.1) is 0 Å². The van der Waals surface area contributed by atoms with E-state index in [0.717, 1.165) is 34.6 Å². The first-order chi connectivity index (χ1) is 12.4. The second-order valence-corrected chi connectivity index (χ2v) is 6.44. The lowest BCUT2D eigenvalue weighted by molar-refractivity contribution is 0.227. The summed E-state index contributed by atoms with van der Waals surface area (Å²) in [5, 5.41) is 0. The highest BCUT2D eigenvalue weighted by molar-refractivity contribution is 5.81. The SMILES string of the molecule is c1ccc(-c2nc3ccccc3n2[C@@H]2COc3ccccc3C2)cc1. The Bertz CT molecular complexity index is 1040. The molecule has 3 aromatic carbocycles. The molecule has 0 radical (unpaired) electrons. The Morgan fingerprint density at radius 3 is 2.52 bits per heavy atom. The van der Waals surface area contributed by atoms with Gasteiger partial charge in [0.25, 0.3) is 0 Å². The molecule has 3 nitrogen and oxygen atoms in total. The number of hydrogen-bond donors (Lipinski definition) is 0. The van der Waals surface area contributed by atoms with Crippen molar-refractivity contribution in [3.8, 4) is 17.1 Å². The molecule has 0 saturated heterocycles. The summed E-state index contributed by atoms with van der Waals surface area (Å²) < 4.78 is 8.40. The molecule has 5 rings (SSSR count). The number of hydrogen-bond acceptors (Lipinski definition) is 2. The van der Waals surface area contributed by atoms with Gasteiger partial charge in [0.1, 0.15) is 18.2 Å². The smallest absolute Gasteiger partial charge is 0.141 e. The third-order valence-electron chi connectivity index (χ3n) is 4.85. The predicted molar refractivity (Wildman–Crippen MR) is 99.8 cm³/mol. The molecule has 1 atom stereocenters. The lowest BCUT2D eigenvalue weighted by Gasteiger charge is -2.28. The van der Waals surface area contributed by atoms with Gasteiger partial charge in [-0.15, -0.1) is 0 Å². The van der Waals surface area contributed by atoms with Crippen molar-refractivity contribution in [3.63, 3.8) is 0 Å². The van der Waals surface area contributed by atoms with E-state index in [1.54, 1.807) is 0 Å². The molecular weight excluding hydrogens is 308 g/mol. The number of ether oxygens (including phenoxy) is 1. The summed E-state index contributed by atoms with van der Waals surface area (Å²) in [6.45, 7) is 0.664. The summed E-state index contributed by atoms with van der Waals surface area (Å²) in [5.41, 5.74) is 4.59. The number of nitrogens with zero attached hydrogens (tertiary/aromatic N) is 2. The third kappa shape index (κ3) is 2.40. The minimum Gasteiger partial charge on any atom is -0.491 e. The number of imidazole rings is 1. The van der Waals surface area contributed by atoms with Crippen LogP contribution in [0.1, 0.15) is 11.6 Å². The molecular formula is C22H18N2O. The third-order valence-corrected chi connectivity index (χ3v) is 4.85. The van der Waals surface area contributed by atoms with E-state index in [2.05, 4.69) is 65.2 Å². The summed E-state index contributed by atoms with van der Waals surface area (Å²) in [6.07, 6.45) is 0.955. The van der Waals surface area contributed by atoms with Crippen LogP contribution in [0.5, 0.6) is 5.75 Å². The molecule has 0 spiro atoms. The molecule has 0 aliphatic carbocycles. The van der Waals surface area contributed by atoms with Gasteiger partial charge in [0, 0.05) is 12.0 Å². The Balaban J connectivity index is 1.68.